The fraction of sp³-hybridized carbons (Fsp3) is 0.500. The Balaban J connectivity index is 2.52. The average Bonchev–Trinajstić information content (AvgIpc) is 2.80. The van der Waals surface area contributed by atoms with Crippen LogP contribution in [0.1, 0.15) is 27.7 Å². The van der Waals surface area contributed by atoms with E-state index in [2.05, 4.69) is 4.40 Å². The van der Waals surface area contributed by atoms with Crippen LogP contribution in [-0.4, -0.2) is 79.4 Å². The molecular weight excluding hydrogens is 586 g/mol. The molecule has 0 N–H and O–H groups in total. The van der Waals surface area contributed by atoms with Gasteiger partial charge in [0.25, 0.3) is 10.0 Å². The van der Waals surface area contributed by atoms with Crippen LogP contribution in [0.3, 0.4) is 0 Å². The maximum Gasteiger partial charge on any atom is 0.303 e. The molecule has 210 valence electrons. The van der Waals surface area contributed by atoms with Crippen molar-refractivity contribution in [3.05, 3.63) is 29.3 Å². The molecule has 16 heteroatoms. The third kappa shape index (κ3) is 9.45. The van der Waals surface area contributed by atoms with Gasteiger partial charge in [0.05, 0.1) is 4.90 Å². The van der Waals surface area contributed by atoms with Crippen LogP contribution in [0.4, 0.5) is 0 Å². The molecular formula is C22H26ClNO11S3. The Morgan fingerprint density at radius 2 is 1.42 bits per heavy atom. The van der Waals surface area contributed by atoms with Gasteiger partial charge in [-0.2, -0.15) is 8.42 Å². The van der Waals surface area contributed by atoms with Crippen LogP contribution in [0, 0.1) is 0 Å². The van der Waals surface area contributed by atoms with Crippen LogP contribution in [0.15, 0.2) is 33.6 Å². The largest absolute Gasteiger partial charge is 0.463 e. The Morgan fingerprint density at radius 3 is 1.92 bits per heavy atom. The maximum absolute atomic E-state index is 12.9. The first-order chi connectivity index (χ1) is 17.7. The summed E-state index contributed by atoms with van der Waals surface area (Å²) in [7, 11) is -4.17. The molecule has 1 aliphatic heterocycles. The molecule has 0 aromatic heterocycles. The van der Waals surface area contributed by atoms with Crippen molar-refractivity contribution in [2.45, 2.75) is 62.4 Å². The first-order valence-corrected chi connectivity index (χ1v) is 14.8. The number of esters is 4. The van der Waals surface area contributed by atoms with Crippen molar-refractivity contribution in [1.82, 2.24) is 0 Å². The molecule has 0 amide bonds. The number of halogens is 1. The first-order valence-electron chi connectivity index (χ1n) is 10.8. The summed E-state index contributed by atoms with van der Waals surface area (Å²) in [5.74, 6) is -2.99. The van der Waals surface area contributed by atoms with E-state index in [1.807, 2.05) is 0 Å². The lowest BCUT2D eigenvalue weighted by Crippen LogP contribution is -2.61. The first kappa shape index (κ1) is 31.9. The van der Waals surface area contributed by atoms with Crippen LogP contribution >= 0.6 is 35.1 Å². The molecule has 1 aliphatic rings. The third-order valence-electron chi connectivity index (χ3n) is 4.65. The zero-order valence-electron chi connectivity index (χ0n) is 20.9. The smallest absolute Gasteiger partial charge is 0.303 e. The Labute approximate surface area is 233 Å². The highest BCUT2D eigenvalue weighted by Crippen LogP contribution is 2.37. The normalized spacial score (nSPS) is 23.7. The predicted octanol–water partition coefficient (Wildman–Crippen LogP) is 2.56. The van der Waals surface area contributed by atoms with Crippen molar-refractivity contribution in [2.75, 3.05) is 12.9 Å². The zero-order valence-corrected chi connectivity index (χ0v) is 24.1. The zero-order chi connectivity index (χ0) is 28.6. The summed E-state index contributed by atoms with van der Waals surface area (Å²) in [6, 6.07) is 5.38. The van der Waals surface area contributed by atoms with Crippen LogP contribution in [0.25, 0.3) is 0 Å². The van der Waals surface area contributed by atoms with E-state index in [9.17, 15) is 27.6 Å². The van der Waals surface area contributed by atoms with Crippen molar-refractivity contribution < 1.29 is 51.3 Å². The SMILES string of the molecule is CSC(=NS(=O)(=O)c1ccc(Cl)cc1)SC1OC(COC(C)=O)C(OC(C)=O)C(OC(C)=O)C1OC(C)=O. The lowest BCUT2D eigenvalue weighted by atomic mass is 9.99. The lowest BCUT2D eigenvalue weighted by molar-refractivity contribution is -0.237. The minimum atomic E-state index is -4.17. The Hall–Kier alpha value is -2.33. The Kier molecular flexibility index (Phi) is 11.9. The molecule has 1 saturated heterocycles. The second-order valence-corrected chi connectivity index (χ2v) is 11.9. The highest BCUT2D eigenvalue weighted by Gasteiger charge is 2.52. The van der Waals surface area contributed by atoms with Gasteiger partial charge < -0.3 is 23.7 Å². The minimum absolute atomic E-state index is 0.0131. The summed E-state index contributed by atoms with van der Waals surface area (Å²) in [6.45, 7) is 4.05. The number of ether oxygens (including phenoxy) is 5. The van der Waals surface area contributed by atoms with Gasteiger partial charge in [0.1, 0.15) is 17.1 Å². The Morgan fingerprint density at radius 1 is 0.895 bits per heavy atom. The molecule has 0 spiro atoms. The van der Waals surface area contributed by atoms with Crippen LogP contribution < -0.4 is 0 Å². The van der Waals surface area contributed by atoms with E-state index in [4.69, 9.17) is 35.3 Å². The predicted molar refractivity (Wildman–Crippen MR) is 139 cm³/mol. The maximum atomic E-state index is 12.9. The van der Waals surface area contributed by atoms with Gasteiger partial charge in [-0.1, -0.05) is 23.4 Å². The van der Waals surface area contributed by atoms with E-state index >= 15 is 0 Å². The number of carbonyl (C=O) groups excluding carboxylic acids is 4. The van der Waals surface area contributed by atoms with Gasteiger partial charge in [-0.05, 0) is 30.5 Å². The summed E-state index contributed by atoms with van der Waals surface area (Å²) in [5.41, 5.74) is -1.22. The van der Waals surface area contributed by atoms with E-state index in [0.717, 1.165) is 51.2 Å². The summed E-state index contributed by atoms with van der Waals surface area (Å²) >= 11 is 7.57. The fourth-order valence-corrected chi connectivity index (χ4v) is 6.62. The van der Waals surface area contributed by atoms with Gasteiger partial charge in [0, 0.05) is 32.7 Å². The van der Waals surface area contributed by atoms with Gasteiger partial charge in [-0.3, -0.25) is 19.2 Å². The number of nitrogens with zero attached hydrogens (tertiary/aromatic N) is 1. The van der Waals surface area contributed by atoms with E-state index in [0.29, 0.717) is 5.02 Å². The van der Waals surface area contributed by atoms with Crippen molar-refractivity contribution in [3.8, 4) is 0 Å². The molecule has 0 saturated carbocycles. The molecule has 12 nitrogen and oxygen atoms in total. The average molecular weight is 612 g/mol. The molecule has 0 radical (unpaired) electrons. The van der Waals surface area contributed by atoms with E-state index in [-0.39, 0.29) is 9.27 Å². The molecule has 0 aliphatic carbocycles. The van der Waals surface area contributed by atoms with Crippen molar-refractivity contribution in [3.63, 3.8) is 0 Å². The number of rotatable bonds is 8. The molecule has 5 unspecified atom stereocenters. The molecule has 2 rings (SSSR count). The third-order valence-corrected chi connectivity index (χ3v) is 8.55. The summed E-state index contributed by atoms with van der Waals surface area (Å²) in [4.78, 5) is 47.1. The summed E-state index contributed by atoms with van der Waals surface area (Å²) in [6.07, 6.45) is -3.69. The Bertz CT molecular complexity index is 1170. The second-order valence-electron chi connectivity index (χ2n) is 7.68. The minimum Gasteiger partial charge on any atom is -0.463 e. The van der Waals surface area contributed by atoms with Gasteiger partial charge in [0.2, 0.25) is 0 Å². The summed E-state index contributed by atoms with van der Waals surface area (Å²) in [5, 5.41) is 0.338. The van der Waals surface area contributed by atoms with Gasteiger partial charge in [-0.25, -0.2) is 0 Å². The van der Waals surface area contributed by atoms with Gasteiger partial charge in [-0.15, -0.1) is 16.2 Å². The lowest BCUT2D eigenvalue weighted by Gasteiger charge is -2.44. The molecule has 1 aromatic carbocycles. The number of hydrogen-bond acceptors (Lipinski definition) is 13. The van der Waals surface area contributed by atoms with Gasteiger partial charge >= 0.3 is 23.9 Å². The van der Waals surface area contributed by atoms with Crippen LogP contribution in [0.5, 0.6) is 0 Å². The topological polar surface area (TPSA) is 161 Å². The van der Waals surface area contributed by atoms with Crippen molar-refractivity contribution >= 4 is 73.4 Å². The molecule has 38 heavy (non-hydrogen) atoms. The quantitative estimate of drug-likeness (QED) is 0.183. The van der Waals surface area contributed by atoms with Crippen molar-refractivity contribution in [2.24, 2.45) is 4.40 Å². The van der Waals surface area contributed by atoms with Crippen LogP contribution in [-0.2, 0) is 52.9 Å². The summed E-state index contributed by atoms with van der Waals surface area (Å²) < 4.78 is 56.7. The number of sulfonamides is 1. The fourth-order valence-electron chi connectivity index (χ4n) is 3.25. The number of carbonyl (C=O) groups is 4. The molecule has 5 atom stereocenters. The van der Waals surface area contributed by atoms with Crippen molar-refractivity contribution in [1.29, 1.82) is 0 Å². The second kappa shape index (κ2) is 14.2. The molecule has 1 aromatic rings. The van der Waals surface area contributed by atoms with E-state index in [1.54, 1.807) is 6.26 Å². The number of thioether (sulfide) groups is 2. The standard InChI is InChI=1S/C22H26ClNO11S3/c1-11(25)31-10-17-18(32-12(2)26)19(33-13(3)27)20(34-14(4)28)21(35-17)37-22(36-5)24-38(29,30)16-8-6-15(23)7-9-16/h6-9,17-21H,10H2,1-5H3. The van der Waals surface area contributed by atoms with E-state index in [1.165, 1.54) is 24.3 Å². The molecule has 1 fully saturated rings. The van der Waals surface area contributed by atoms with Crippen LogP contribution in [0.2, 0.25) is 5.02 Å². The molecule has 1 heterocycles. The monoisotopic (exact) mass is 611 g/mol. The molecule has 0 bridgehead atoms. The highest BCUT2D eigenvalue weighted by atomic mass is 35.5. The van der Waals surface area contributed by atoms with Gasteiger partial charge in [0.15, 0.2) is 23.7 Å². The van der Waals surface area contributed by atoms with E-state index < -0.39 is 70.4 Å². The number of hydrogen-bond donors (Lipinski definition) is 0. The highest BCUT2D eigenvalue weighted by molar-refractivity contribution is 8.39. The number of benzene rings is 1.